The molecular formula is C47H33N. The molecule has 1 aliphatic carbocycles. The van der Waals surface area contributed by atoms with Crippen LogP contribution in [0, 0.1) is 0 Å². The van der Waals surface area contributed by atoms with Crippen molar-refractivity contribution >= 4 is 43.4 Å². The molecule has 48 heavy (non-hydrogen) atoms. The molecule has 226 valence electrons. The zero-order chi connectivity index (χ0) is 32.0. The third-order valence-corrected chi connectivity index (χ3v) is 10.8. The highest BCUT2D eigenvalue weighted by Crippen LogP contribution is 2.51. The minimum absolute atomic E-state index is 0.107. The predicted molar refractivity (Wildman–Crippen MR) is 204 cm³/mol. The molecule has 1 heterocycles. The van der Waals surface area contributed by atoms with Crippen molar-refractivity contribution in [1.29, 1.82) is 0 Å². The minimum atomic E-state index is -0.107. The average molecular weight is 612 g/mol. The van der Waals surface area contributed by atoms with Crippen LogP contribution in [0.1, 0.15) is 25.0 Å². The smallest absolute Gasteiger partial charge is 0.0541 e. The molecule has 8 aromatic carbocycles. The molecule has 0 amide bonds. The van der Waals surface area contributed by atoms with E-state index in [9.17, 15) is 0 Å². The van der Waals surface area contributed by atoms with E-state index in [-0.39, 0.29) is 5.41 Å². The number of para-hydroxylation sites is 1. The Hall–Kier alpha value is -5.92. The molecule has 1 aromatic heterocycles. The lowest BCUT2D eigenvalue weighted by Gasteiger charge is -2.22. The molecule has 0 aliphatic heterocycles. The number of rotatable bonds is 3. The molecule has 0 unspecified atom stereocenters. The van der Waals surface area contributed by atoms with Crippen LogP contribution >= 0.6 is 0 Å². The minimum Gasteiger partial charge on any atom is -0.309 e. The molecule has 0 N–H and O–H groups in total. The third-order valence-electron chi connectivity index (χ3n) is 10.8. The standard InChI is InChI=1S/C47H33N/c1-47(2)43-28-36(34-16-15-30-9-3-5-11-32(30)25-34)18-22-39(43)40-23-19-37(29-44(40)47)35-20-24-46-42(27-35)41-13-7-8-14-45(41)48(46)38-21-17-31-10-4-6-12-33(31)26-38/h3-29H,1-2H3. The third kappa shape index (κ3) is 3.98. The van der Waals surface area contributed by atoms with E-state index in [0.29, 0.717) is 0 Å². The van der Waals surface area contributed by atoms with Crippen LogP contribution in [0.5, 0.6) is 0 Å². The Morgan fingerprint density at radius 2 is 0.875 bits per heavy atom. The summed E-state index contributed by atoms with van der Waals surface area (Å²) in [6.07, 6.45) is 0. The highest BCUT2D eigenvalue weighted by molar-refractivity contribution is 6.10. The number of aromatic nitrogens is 1. The largest absolute Gasteiger partial charge is 0.309 e. The molecular weight excluding hydrogens is 579 g/mol. The van der Waals surface area contributed by atoms with E-state index in [1.807, 2.05) is 0 Å². The van der Waals surface area contributed by atoms with Crippen molar-refractivity contribution in [2.45, 2.75) is 19.3 Å². The van der Waals surface area contributed by atoms with Crippen LogP contribution in [0.25, 0.3) is 82.4 Å². The van der Waals surface area contributed by atoms with Gasteiger partial charge in [-0.25, -0.2) is 0 Å². The van der Waals surface area contributed by atoms with Crippen molar-refractivity contribution in [2.24, 2.45) is 0 Å². The fourth-order valence-electron chi connectivity index (χ4n) is 8.21. The summed E-state index contributed by atoms with van der Waals surface area (Å²) in [5.74, 6) is 0. The van der Waals surface area contributed by atoms with Gasteiger partial charge in [0.2, 0.25) is 0 Å². The van der Waals surface area contributed by atoms with Crippen molar-refractivity contribution in [2.75, 3.05) is 0 Å². The van der Waals surface area contributed by atoms with Crippen LogP contribution in [0.4, 0.5) is 0 Å². The second-order valence-electron chi connectivity index (χ2n) is 13.8. The highest BCUT2D eigenvalue weighted by atomic mass is 15.0. The SMILES string of the molecule is CC1(C)c2cc(-c3ccc4ccccc4c3)ccc2-c2ccc(-c3ccc4c(c3)c3ccccc3n4-c3ccc4ccccc4c3)cc21. The number of hydrogen-bond donors (Lipinski definition) is 0. The summed E-state index contributed by atoms with van der Waals surface area (Å²) < 4.78 is 2.41. The Bertz CT molecular complexity index is 2760. The Balaban J connectivity index is 1.07. The lowest BCUT2D eigenvalue weighted by Crippen LogP contribution is -2.15. The molecule has 1 nitrogen and oxygen atoms in total. The van der Waals surface area contributed by atoms with Crippen LogP contribution < -0.4 is 0 Å². The van der Waals surface area contributed by atoms with Crippen LogP contribution in [-0.2, 0) is 5.41 Å². The Labute approximate surface area is 280 Å². The van der Waals surface area contributed by atoms with E-state index in [2.05, 4.69) is 182 Å². The Morgan fingerprint density at radius 1 is 0.375 bits per heavy atom. The molecule has 0 fully saturated rings. The van der Waals surface area contributed by atoms with Gasteiger partial charge in [0, 0.05) is 21.9 Å². The zero-order valence-corrected chi connectivity index (χ0v) is 27.0. The average Bonchev–Trinajstić information content (AvgIpc) is 3.58. The maximum absolute atomic E-state index is 2.44. The van der Waals surface area contributed by atoms with Gasteiger partial charge in [0.05, 0.1) is 11.0 Å². The van der Waals surface area contributed by atoms with Gasteiger partial charge < -0.3 is 4.57 Å². The van der Waals surface area contributed by atoms with Gasteiger partial charge in [-0.1, -0.05) is 129 Å². The van der Waals surface area contributed by atoms with Gasteiger partial charge in [0.25, 0.3) is 0 Å². The normalized spacial score (nSPS) is 13.4. The van der Waals surface area contributed by atoms with Gasteiger partial charge in [-0.2, -0.15) is 0 Å². The lowest BCUT2D eigenvalue weighted by molar-refractivity contribution is 0.661. The van der Waals surface area contributed by atoms with Gasteiger partial charge in [-0.3, -0.25) is 0 Å². The highest BCUT2D eigenvalue weighted by Gasteiger charge is 2.36. The van der Waals surface area contributed by atoms with Crippen molar-refractivity contribution in [1.82, 2.24) is 4.57 Å². The molecule has 0 spiro atoms. The van der Waals surface area contributed by atoms with Crippen molar-refractivity contribution in [3.63, 3.8) is 0 Å². The van der Waals surface area contributed by atoms with Gasteiger partial charge in [0.1, 0.15) is 0 Å². The van der Waals surface area contributed by atoms with E-state index in [4.69, 9.17) is 0 Å². The summed E-state index contributed by atoms with van der Waals surface area (Å²) in [6, 6.07) is 60.7. The van der Waals surface area contributed by atoms with E-state index in [1.54, 1.807) is 0 Å². The molecule has 0 bridgehead atoms. The first-order chi connectivity index (χ1) is 23.5. The molecule has 0 saturated carbocycles. The summed E-state index contributed by atoms with van der Waals surface area (Å²) >= 11 is 0. The van der Waals surface area contributed by atoms with Crippen molar-refractivity contribution in [3.05, 3.63) is 175 Å². The number of hydrogen-bond acceptors (Lipinski definition) is 0. The van der Waals surface area contributed by atoms with E-state index >= 15 is 0 Å². The molecule has 0 radical (unpaired) electrons. The molecule has 0 atom stereocenters. The van der Waals surface area contributed by atoms with Gasteiger partial charge >= 0.3 is 0 Å². The maximum Gasteiger partial charge on any atom is 0.0541 e. The second-order valence-corrected chi connectivity index (χ2v) is 13.8. The summed E-state index contributed by atoms with van der Waals surface area (Å²) in [7, 11) is 0. The summed E-state index contributed by atoms with van der Waals surface area (Å²) in [6.45, 7) is 4.76. The van der Waals surface area contributed by atoms with Crippen molar-refractivity contribution < 1.29 is 0 Å². The predicted octanol–water partition coefficient (Wildman–Crippen LogP) is 12.7. The topological polar surface area (TPSA) is 4.93 Å². The second kappa shape index (κ2) is 10.0. The van der Waals surface area contributed by atoms with Crippen LogP contribution in [0.3, 0.4) is 0 Å². The van der Waals surface area contributed by atoms with Crippen LogP contribution in [-0.4, -0.2) is 4.57 Å². The number of fused-ring (bicyclic) bond motifs is 8. The lowest BCUT2D eigenvalue weighted by atomic mass is 9.80. The van der Waals surface area contributed by atoms with Crippen LogP contribution in [0.2, 0.25) is 0 Å². The molecule has 1 heteroatoms. The molecule has 0 saturated heterocycles. The van der Waals surface area contributed by atoms with Gasteiger partial charge in [-0.05, 0) is 115 Å². The monoisotopic (exact) mass is 611 g/mol. The first-order valence-electron chi connectivity index (χ1n) is 16.8. The summed E-state index contributed by atoms with van der Waals surface area (Å²) in [4.78, 5) is 0. The van der Waals surface area contributed by atoms with E-state index in [0.717, 1.165) is 0 Å². The summed E-state index contributed by atoms with van der Waals surface area (Å²) in [5.41, 5.74) is 14.1. The zero-order valence-electron chi connectivity index (χ0n) is 27.0. The molecule has 9 aromatic rings. The molecule has 1 aliphatic rings. The fourth-order valence-corrected chi connectivity index (χ4v) is 8.21. The van der Waals surface area contributed by atoms with Crippen LogP contribution in [0.15, 0.2) is 164 Å². The first kappa shape index (κ1) is 27.2. The summed E-state index contributed by atoms with van der Waals surface area (Å²) in [5, 5.41) is 7.62. The quantitative estimate of drug-likeness (QED) is 0.187. The van der Waals surface area contributed by atoms with E-state index < -0.39 is 0 Å². The van der Waals surface area contributed by atoms with E-state index in [1.165, 1.54) is 93.5 Å². The fraction of sp³-hybridized carbons (Fsp3) is 0.0638. The van der Waals surface area contributed by atoms with Gasteiger partial charge in [-0.15, -0.1) is 0 Å². The number of nitrogens with zero attached hydrogens (tertiary/aromatic N) is 1. The first-order valence-corrected chi connectivity index (χ1v) is 16.8. The van der Waals surface area contributed by atoms with Crippen molar-refractivity contribution in [3.8, 4) is 39.1 Å². The van der Waals surface area contributed by atoms with Gasteiger partial charge in [0.15, 0.2) is 0 Å². The molecule has 10 rings (SSSR count). The Morgan fingerprint density at radius 3 is 1.58 bits per heavy atom. The maximum atomic E-state index is 2.44. The number of benzene rings is 8. The Kier molecular flexibility index (Phi) is 5.69.